The SMILES string of the molecule is COc1ccc(CNCCc2ccc(C)cc2)cc1OCC(O)CN1CCCN(C)CC1. The van der Waals surface area contributed by atoms with Crippen LogP contribution in [0.15, 0.2) is 42.5 Å². The number of likely N-dealkylation sites (N-methyl/N-ethyl adjacent to an activating group) is 1. The van der Waals surface area contributed by atoms with Gasteiger partial charge >= 0.3 is 0 Å². The van der Waals surface area contributed by atoms with Gasteiger partial charge in [0.1, 0.15) is 12.7 Å². The Balaban J connectivity index is 1.45. The number of ether oxygens (including phenoxy) is 2. The molecular weight excluding hydrogens is 402 g/mol. The van der Waals surface area contributed by atoms with Crippen molar-refractivity contribution >= 4 is 0 Å². The molecule has 0 bridgehead atoms. The van der Waals surface area contributed by atoms with Gasteiger partial charge in [0.25, 0.3) is 0 Å². The van der Waals surface area contributed by atoms with Crippen molar-refractivity contribution in [2.24, 2.45) is 0 Å². The van der Waals surface area contributed by atoms with Crippen molar-refractivity contribution in [3.05, 3.63) is 59.2 Å². The maximum absolute atomic E-state index is 10.5. The number of nitrogens with zero attached hydrogens (tertiary/aromatic N) is 2. The lowest BCUT2D eigenvalue weighted by molar-refractivity contribution is 0.0685. The Bertz CT molecular complexity index is 812. The van der Waals surface area contributed by atoms with E-state index in [0.717, 1.165) is 57.7 Å². The second-order valence-electron chi connectivity index (χ2n) is 8.82. The highest BCUT2D eigenvalue weighted by molar-refractivity contribution is 5.43. The number of β-amino-alcohol motifs (C(OH)–C–C–N with tert-alkyl or cyclic N) is 1. The number of aliphatic hydroxyl groups excluding tert-OH is 1. The second kappa shape index (κ2) is 12.8. The van der Waals surface area contributed by atoms with Gasteiger partial charge < -0.3 is 24.8 Å². The van der Waals surface area contributed by atoms with Crippen LogP contribution in [0.25, 0.3) is 0 Å². The molecule has 6 heteroatoms. The first-order valence-corrected chi connectivity index (χ1v) is 11.7. The number of methoxy groups -OCH3 is 1. The molecule has 0 saturated carbocycles. The van der Waals surface area contributed by atoms with Crippen molar-refractivity contribution in [3.8, 4) is 11.5 Å². The van der Waals surface area contributed by atoms with Gasteiger partial charge in [-0.3, -0.25) is 4.90 Å². The minimum atomic E-state index is -0.528. The van der Waals surface area contributed by atoms with E-state index in [2.05, 4.69) is 59.4 Å². The van der Waals surface area contributed by atoms with Crippen LogP contribution >= 0.6 is 0 Å². The lowest BCUT2D eigenvalue weighted by Gasteiger charge is -2.23. The minimum Gasteiger partial charge on any atom is -0.493 e. The van der Waals surface area contributed by atoms with Crippen molar-refractivity contribution in [2.45, 2.75) is 32.4 Å². The fourth-order valence-corrected chi connectivity index (χ4v) is 3.98. The number of benzene rings is 2. The smallest absolute Gasteiger partial charge is 0.161 e. The Morgan fingerprint density at radius 2 is 1.78 bits per heavy atom. The summed E-state index contributed by atoms with van der Waals surface area (Å²) in [7, 11) is 3.80. The van der Waals surface area contributed by atoms with Crippen LogP contribution in [-0.2, 0) is 13.0 Å². The summed E-state index contributed by atoms with van der Waals surface area (Å²) in [6, 6.07) is 14.7. The first-order chi connectivity index (χ1) is 15.5. The molecular formula is C26H39N3O3. The van der Waals surface area contributed by atoms with Crippen molar-refractivity contribution in [1.29, 1.82) is 0 Å². The summed E-state index contributed by atoms with van der Waals surface area (Å²) in [4.78, 5) is 4.66. The Hall–Kier alpha value is -2.12. The third-order valence-corrected chi connectivity index (χ3v) is 5.98. The molecule has 176 valence electrons. The molecule has 1 fully saturated rings. The lowest BCUT2D eigenvalue weighted by Crippen LogP contribution is -2.37. The Kier molecular flexibility index (Phi) is 9.81. The molecule has 3 rings (SSSR count). The second-order valence-corrected chi connectivity index (χ2v) is 8.82. The third kappa shape index (κ3) is 8.10. The molecule has 6 nitrogen and oxygen atoms in total. The predicted molar refractivity (Wildman–Crippen MR) is 130 cm³/mol. The van der Waals surface area contributed by atoms with Gasteiger partial charge in [-0.1, -0.05) is 35.9 Å². The lowest BCUT2D eigenvalue weighted by atomic mass is 10.1. The molecule has 2 aromatic carbocycles. The molecule has 1 unspecified atom stereocenters. The standard InChI is InChI=1S/C26H39N3O3/c1-21-5-7-22(8-6-21)11-12-27-18-23-9-10-25(31-3)26(17-23)32-20-24(30)19-29-14-4-13-28(2)15-16-29/h5-10,17,24,27,30H,4,11-16,18-20H2,1-3H3. The van der Waals surface area contributed by atoms with Crippen LogP contribution in [0.5, 0.6) is 11.5 Å². The average molecular weight is 442 g/mol. The van der Waals surface area contributed by atoms with E-state index in [0.29, 0.717) is 18.0 Å². The van der Waals surface area contributed by atoms with E-state index in [-0.39, 0.29) is 6.61 Å². The van der Waals surface area contributed by atoms with Crippen LogP contribution < -0.4 is 14.8 Å². The van der Waals surface area contributed by atoms with Gasteiger partial charge in [0.2, 0.25) is 0 Å². The molecule has 0 radical (unpaired) electrons. The van der Waals surface area contributed by atoms with E-state index in [1.807, 2.05) is 12.1 Å². The van der Waals surface area contributed by atoms with Crippen LogP contribution in [-0.4, -0.2) is 81.0 Å². The van der Waals surface area contributed by atoms with E-state index in [1.165, 1.54) is 11.1 Å². The Morgan fingerprint density at radius 1 is 1.00 bits per heavy atom. The highest BCUT2D eigenvalue weighted by Gasteiger charge is 2.17. The fraction of sp³-hybridized carbons (Fsp3) is 0.538. The molecule has 32 heavy (non-hydrogen) atoms. The summed E-state index contributed by atoms with van der Waals surface area (Å²) in [5, 5.41) is 14.0. The number of aliphatic hydroxyl groups is 1. The third-order valence-electron chi connectivity index (χ3n) is 5.98. The van der Waals surface area contributed by atoms with Crippen LogP contribution in [0.2, 0.25) is 0 Å². The first kappa shape index (κ1) is 24.5. The summed E-state index contributed by atoms with van der Waals surface area (Å²) < 4.78 is 11.4. The van der Waals surface area contributed by atoms with Crippen molar-refractivity contribution in [1.82, 2.24) is 15.1 Å². The van der Waals surface area contributed by atoms with Gasteiger partial charge in [-0.15, -0.1) is 0 Å². The molecule has 1 aliphatic rings. The van der Waals surface area contributed by atoms with Crippen LogP contribution in [0.3, 0.4) is 0 Å². The van der Waals surface area contributed by atoms with Gasteiger partial charge in [0, 0.05) is 26.2 Å². The van der Waals surface area contributed by atoms with Gasteiger partial charge in [-0.25, -0.2) is 0 Å². The zero-order valence-corrected chi connectivity index (χ0v) is 19.8. The summed E-state index contributed by atoms with van der Waals surface area (Å²) in [6.45, 7) is 8.84. The van der Waals surface area contributed by atoms with E-state index in [1.54, 1.807) is 7.11 Å². The predicted octanol–water partition coefficient (Wildman–Crippen LogP) is 2.71. The summed E-state index contributed by atoms with van der Waals surface area (Å²) in [5.74, 6) is 1.37. The number of rotatable bonds is 11. The molecule has 1 atom stereocenters. The molecule has 0 aromatic heterocycles. The van der Waals surface area contributed by atoms with Crippen LogP contribution in [0, 0.1) is 6.92 Å². The number of hydrogen-bond acceptors (Lipinski definition) is 6. The van der Waals surface area contributed by atoms with Crippen molar-refractivity contribution < 1.29 is 14.6 Å². The fourth-order valence-electron chi connectivity index (χ4n) is 3.98. The number of nitrogens with one attached hydrogen (secondary N) is 1. The van der Waals surface area contributed by atoms with Gasteiger partial charge in [-0.2, -0.15) is 0 Å². The maximum Gasteiger partial charge on any atom is 0.161 e. The summed E-state index contributed by atoms with van der Waals surface area (Å²) in [5.41, 5.74) is 3.76. The van der Waals surface area contributed by atoms with E-state index in [9.17, 15) is 5.11 Å². The molecule has 2 aromatic rings. The monoisotopic (exact) mass is 441 g/mol. The first-order valence-electron chi connectivity index (χ1n) is 11.7. The quantitative estimate of drug-likeness (QED) is 0.523. The molecule has 0 amide bonds. The van der Waals surface area contributed by atoms with Gasteiger partial charge in [0.15, 0.2) is 11.5 Å². The van der Waals surface area contributed by atoms with Crippen molar-refractivity contribution in [2.75, 3.05) is 60.0 Å². The summed E-state index contributed by atoms with van der Waals surface area (Å²) >= 11 is 0. The Labute approximate surface area is 193 Å². The minimum absolute atomic E-state index is 0.257. The van der Waals surface area contributed by atoms with Gasteiger partial charge in [0.05, 0.1) is 7.11 Å². The highest BCUT2D eigenvalue weighted by atomic mass is 16.5. The van der Waals surface area contributed by atoms with Crippen molar-refractivity contribution in [3.63, 3.8) is 0 Å². The van der Waals surface area contributed by atoms with E-state index in [4.69, 9.17) is 9.47 Å². The molecule has 1 heterocycles. The normalized spacial score (nSPS) is 16.5. The van der Waals surface area contributed by atoms with E-state index >= 15 is 0 Å². The molecule has 0 aliphatic carbocycles. The summed E-state index contributed by atoms with van der Waals surface area (Å²) in [6.07, 6.45) is 1.61. The van der Waals surface area contributed by atoms with Gasteiger partial charge in [-0.05, 0) is 69.7 Å². The van der Waals surface area contributed by atoms with E-state index < -0.39 is 6.10 Å². The van der Waals surface area contributed by atoms with Crippen LogP contribution in [0.4, 0.5) is 0 Å². The van der Waals surface area contributed by atoms with Crippen LogP contribution in [0.1, 0.15) is 23.1 Å². The maximum atomic E-state index is 10.5. The molecule has 1 saturated heterocycles. The molecule has 2 N–H and O–H groups in total. The number of aryl methyl sites for hydroxylation is 1. The molecule has 1 aliphatic heterocycles. The Morgan fingerprint density at radius 3 is 2.56 bits per heavy atom. The topological polar surface area (TPSA) is 57.2 Å². The number of hydrogen-bond donors (Lipinski definition) is 2. The zero-order valence-electron chi connectivity index (χ0n) is 19.8. The highest BCUT2D eigenvalue weighted by Crippen LogP contribution is 2.28. The average Bonchev–Trinajstić information content (AvgIpc) is 3.00. The largest absolute Gasteiger partial charge is 0.493 e. The molecule has 0 spiro atoms. The zero-order chi connectivity index (χ0) is 22.8.